The molecular weight excluding hydrogens is 240 g/mol. The minimum Gasteiger partial charge on any atom is -0.479 e. The number of carboxylic acid groups (broad SMARTS) is 1. The Balaban J connectivity index is 4.93. The SMILES string of the molecule is C=CCS[C@](CC=C)(O[C@@H](C)C(=O)O)[C@H](C)O. The minimum absolute atomic E-state index is 0.362. The van der Waals surface area contributed by atoms with Crippen LogP contribution in [0.15, 0.2) is 25.3 Å². The first kappa shape index (κ1) is 16.2. The van der Waals surface area contributed by atoms with Crippen molar-refractivity contribution in [3.05, 3.63) is 25.3 Å². The Morgan fingerprint density at radius 3 is 2.41 bits per heavy atom. The van der Waals surface area contributed by atoms with Crippen LogP contribution in [-0.2, 0) is 9.53 Å². The standard InChI is InChI=1S/C12H20O4S/c1-5-7-12(10(4)13,17-8-6-2)16-9(3)11(14)15/h5-6,9-10,13H,1-2,7-8H2,3-4H3,(H,14,15)/t9-,10-,12-/m0/s1. The van der Waals surface area contributed by atoms with Crippen LogP contribution in [0.3, 0.4) is 0 Å². The van der Waals surface area contributed by atoms with Gasteiger partial charge in [0.2, 0.25) is 0 Å². The maximum Gasteiger partial charge on any atom is 0.332 e. The Hall–Kier alpha value is -0.780. The van der Waals surface area contributed by atoms with Crippen LogP contribution in [0.5, 0.6) is 0 Å². The number of hydrogen-bond acceptors (Lipinski definition) is 4. The second kappa shape index (κ2) is 7.53. The number of thioether (sulfide) groups is 1. The van der Waals surface area contributed by atoms with Crippen LogP contribution in [-0.4, -0.2) is 39.1 Å². The third-order valence-electron chi connectivity index (χ3n) is 2.23. The van der Waals surface area contributed by atoms with E-state index in [1.807, 2.05) is 0 Å². The molecule has 0 amide bonds. The fourth-order valence-corrected chi connectivity index (χ4v) is 2.37. The molecule has 0 unspecified atom stereocenters. The summed E-state index contributed by atoms with van der Waals surface area (Å²) < 4.78 is 5.50. The first-order valence-corrected chi connectivity index (χ1v) is 6.32. The molecule has 0 saturated heterocycles. The average molecular weight is 260 g/mol. The highest BCUT2D eigenvalue weighted by Crippen LogP contribution is 2.36. The van der Waals surface area contributed by atoms with Crippen molar-refractivity contribution >= 4 is 17.7 Å². The number of carbonyl (C=O) groups is 1. The Morgan fingerprint density at radius 2 is 2.06 bits per heavy atom. The molecule has 5 heteroatoms. The lowest BCUT2D eigenvalue weighted by Crippen LogP contribution is -2.44. The molecule has 0 bridgehead atoms. The van der Waals surface area contributed by atoms with Crippen molar-refractivity contribution in [2.45, 2.75) is 37.4 Å². The molecule has 0 aromatic carbocycles. The van der Waals surface area contributed by atoms with Crippen molar-refractivity contribution in [1.82, 2.24) is 0 Å². The summed E-state index contributed by atoms with van der Waals surface area (Å²) in [6.45, 7) is 10.2. The average Bonchev–Trinajstić information content (AvgIpc) is 2.25. The van der Waals surface area contributed by atoms with E-state index < -0.39 is 23.1 Å². The number of hydrogen-bond donors (Lipinski definition) is 2. The molecule has 0 aliphatic carbocycles. The first-order valence-electron chi connectivity index (χ1n) is 5.34. The van der Waals surface area contributed by atoms with Gasteiger partial charge in [-0.25, -0.2) is 4.79 Å². The van der Waals surface area contributed by atoms with Crippen molar-refractivity contribution in [2.24, 2.45) is 0 Å². The summed E-state index contributed by atoms with van der Waals surface area (Å²) in [7, 11) is 0. The molecule has 0 aliphatic rings. The molecule has 3 atom stereocenters. The van der Waals surface area contributed by atoms with E-state index in [-0.39, 0.29) is 0 Å². The van der Waals surface area contributed by atoms with E-state index in [4.69, 9.17) is 9.84 Å². The number of carboxylic acids is 1. The van der Waals surface area contributed by atoms with Crippen molar-refractivity contribution in [1.29, 1.82) is 0 Å². The molecule has 0 aliphatic heterocycles. The van der Waals surface area contributed by atoms with Gasteiger partial charge in [-0.05, 0) is 13.8 Å². The normalized spacial score (nSPS) is 17.8. The van der Waals surface area contributed by atoms with Crippen LogP contribution in [0.2, 0.25) is 0 Å². The molecule has 98 valence electrons. The van der Waals surface area contributed by atoms with Crippen molar-refractivity contribution < 1.29 is 19.7 Å². The second-order valence-electron chi connectivity index (χ2n) is 3.68. The number of rotatable bonds is 9. The maximum absolute atomic E-state index is 10.8. The highest BCUT2D eigenvalue weighted by Gasteiger charge is 2.38. The van der Waals surface area contributed by atoms with Crippen LogP contribution < -0.4 is 0 Å². The predicted molar refractivity (Wildman–Crippen MR) is 70.1 cm³/mol. The van der Waals surface area contributed by atoms with Gasteiger partial charge in [-0.1, -0.05) is 12.2 Å². The van der Waals surface area contributed by atoms with Gasteiger partial charge in [0.05, 0.1) is 6.10 Å². The molecule has 4 nitrogen and oxygen atoms in total. The zero-order valence-electron chi connectivity index (χ0n) is 10.3. The molecule has 0 heterocycles. The van der Waals surface area contributed by atoms with Gasteiger partial charge in [0.25, 0.3) is 0 Å². The zero-order chi connectivity index (χ0) is 13.5. The van der Waals surface area contributed by atoms with Gasteiger partial charge in [0, 0.05) is 12.2 Å². The van der Waals surface area contributed by atoms with E-state index in [9.17, 15) is 9.90 Å². The summed E-state index contributed by atoms with van der Waals surface area (Å²) in [5.41, 5.74) is 0. The van der Waals surface area contributed by atoms with Gasteiger partial charge in [0.15, 0.2) is 6.10 Å². The van der Waals surface area contributed by atoms with E-state index in [0.717, 1.165) is 0 Å². The summed E-state index contributed by atoms with van der Waals surface area (Å²) in [6.07, 6.45) is 1.85. The molecule has 0 radical (unpaired) electrons. The quantitative estimate of drug-likeness (QED) is 0.490. The molecular formula is C12H20O4S. The molecule has 0 spiro atoms. The van der Waals surface area contributed by atoms with Gasteiger partial charge in [-0.3, -0.25) is 0 Å². The number of aliphatic carboxylic acids is 1. The summed E-state index contributed by atoms with van der Waals surface area (Å²) in [4.78, 5) is 9.82. The summed E-state index contributed by atoms with van der Waals surface area (Å²) in [5, 5.41) is 18.7. The van der Waals surface area contributed by atoms with E-state index >= 15 is 0 Å². The lowest BCUT2D eigenvalue weighted by atomic mass is 10.1. The topological polar surface area (TPSA) is 66.8 Å². The van der Waals surface area contributed by atoms with Gasteiger partial charge >= 0.3 is 5.97 Å². The molecule has 0 aromatic heterocycles. The molecule has 17 heavy (non-hydrogen) atoms. The number of aliphatic hydroxyl groups is 1. The lowest BCUT2D eigenvalue weighted by molar-refractivity contribution is -0.160. The summed E-state index contributed by atoms with van der Waals surface area (Å²) in [6, 6.07) is 0. The Labute approximate surface area is 106 Å². The van der Waals surface area contributed by atoms with Crippen LogP contribution in [0.4, 0.5) is 0 Å². The molecule has 0 saturated carbocycles. The highest BCUT2D eigenvalue weighted by atomic mass is 32.2. The van der Waals surface area contributed by atoms with Crippen LogP contribution >= 0.6 is 11.8 Å². The third-order valence-corrected chi connectivity index (χ3v) is 3.73. The number of aliphatic hydroxyl groups excluding tert-OH is 1. The molecule has 0 fully saturated rings. The number of ether oxygens (including phenoxy) is 1. The monoisotopic (exact) mass is 260 g/mol. The van der Waals surface area contributed by atoms with Crippen molar-refractivity contribution in [3.63, 3.8) is 0 Å². The van der Waals surface area contributed by atoms with E-state index in [0.29, 0.717) is 12.2 Å². The zero-order valence-corrected chi connectivity index (χ0v) is 11.1. The largest absolute Gasteiger partial charge is 0.479 e. The van der Waals surface area contributed by atoms with E-state index in [1.54, 1.807) is 19.1 Å². The highest BCUT2D eigenvalue weighted by molar-refractivity contribution is 8.00. The smallest absolute Gasteiger partial charge is 0.332 e. The van der Waals surface area contributed by atoms with Gasteiger partial charge in [-0.15, -0.1) is 24.9 Å². The van der Waals surface area contributed by atoms with E-state index in [1.165, 1.54) is 18.7 Å². The summed E-state index contributed by atoms with van der Waals surface area (Å²) in [5.74, 6) is -0.497. The Morgan fingerprint density at radius 1 is 1.47 bits per heavy atom. The first-order chi connectivity index (χ1) is 7.89. The second-order valence-corrected chi connectivity index (χ2v) is 4.99. The lowest BCUT2D eigenvalue weighted by Gasteiger charge is -2.36. The van der Waals surface area contributed by atoms with Crippen molar-refractivity contribution in [2.75, 3.05) is 5.75 Å². The Kier molecular flexibility index (Phi) is 7.18. The van der Waals surface area contributed by atoms with Gasteiger partial charge in [0.1, 0.15) is 4.93 Å². The van der Waals surface area contributed by atoms with Gasteiger partial charge in [-0.2, -0.15) is 0 Å². The maximum atomic E-state index is 10.8. The fraction of sp³-hybridized carbons (Fsp3) is 0.583. The van der Waals surface area contributed by atoms with Crippen molar-refractivity contribution in [3.8, 4) is 0 Å². The Bertz CT molecular complexity index is 278. The molecule has 0 aromatic rings. The van der Waals surface area contributed by atoms with Gasteiger partial charge < -0.3 is 14.9 Å². The summed E-state index contributed by atoms with van der Waals surface area (Å²) >= 11 is 1.32. The predicted octanol–water partition coefficient (Wildman–Crippen LogP) is 2.05. The van der Waals surface area contributed by atoms with Crippen LogP contribution in [0, 0.1) is 0 Å². The molecule has 2 N–H and O–H groups in total. The molecule has 0 rings (SSSR count). The van der Waals surface area contributed by atoms with Crippen LogP contribution in [0.1, 0.15) is 20.3 Å². The fourth-order valence-electron chi connectivity index (χ4n) is 1.28. The van der Waals surface area contributed by atoms with E-state index in [2.05, 4.69) is 13.2 Å². The van der Waals surface area contributed by atoms with Crippen LogP contribution in [0.25, 0.3) is 0 Å². The minimum atomic E-state index is -1.06. The third kappa shape index (κ3) is 4.93.